The molecular formula is C12H14N4O2. The van der Waals surface area contributed by atoms with Gasteiger partial charge in [-0.2, -0.15) is 0 Å². The number of carbonyl (C=O) groups excluding carboxylic acids is 1. The first-order chi connectivity index (χ1) is 8.70. The molecule has 94 valence electrons. The molecule has 2 N–H and O–H groups in total. The van der Waals surface area contributed by atoms with E-state index in [9.17, 15) is 4.79 Å². The Bertz CT molecular complexity index is 525. The van der Waals surface area contributed by atoms with Gasteiger partial charge in [0.15, 0.2) is 0 Å². The molecule has 2 aromatic heterocycles. The molecule has 0 saturated heterocycles. The van der Waals surface area contributed by atoms with Crippen LogP contribution in [0, 0.1) is 0 Å². The second-order valence-electron chi connectivity index (χ2n) is 3.75. The van der Waals surface area contributed by atoms with Crippen LogP contribution in [0.25, 0.3) is 0 Å². The van der Waals surface area contributed by atoms with E-state index in [1.807, 2.05) is 6.92 Å². The van der Waals surface area contributed by atoms with Gasteiger partial charge in [0.1, 0.15) is 17.3 Å². The summed E-state index contributed by atoms with van der Waals surface area (Å²) in [5.41, 5.74) is 0.264. The molecule has 1 amide bonds. The maximum absolute atomic E-state index is 11.9. The van der Waals surface area contributed by atoms with E-state index in [1.54, 1.807) is 31.6 Å². The van der Waals surface area contributed by atoms with E-state index in [0.29, 0.717) is 11.6 Å². The molecule has 0 bridgehead atoms. The second-order valence-corrected chi connectivity index (χ2v) is 3.75. The van der Waals surface area contributed by atoms with Gasteiger partial charge in [-0.3, -0.25) is 9.78 Å². The maximum Gasteiger partial charge on any atom is 0.272 e. The molecule has 6 heteroatoms. The lowest BCUT2D eigenvalue weighted by Gasteiger charge is -2.11. The predicted molar refractivity (Wildman–Crippen MR) is 66.2 cm³/mol. The Morgan fingerprint density at radius 1 is 1.44 bits per heavy atom. The maximum atomic E-state index is 11.9. The Morgan fingerprint density at radius 2 is 2.28 bits per heavy atom. The number of carbonyl (C=O) groups is 1. The summed E-state index contributed by atoms with van der Waals surface area (Å²) in [6, 6.07) is 3.37. The van der Waals surface area contributed by atoms with Crippen LogP contribution in [-0.2, 0) is 0 Å². The zero-order valence-electron chi connectivity index (χ0n) is 10.2. The van der Waals surface area contributed by atoms with Gasteiger partial charge >= 0.3 is 0 Å². The average Bonchev–Trinajstić information content (AvgIpc) is 2.92. The molecule has 1 atom stereocenters. The summed E-state index contributed by atoms with van der Waals surface area (Å²) in [4.78, 5) is 20.0. The highest BCUT2D eigenvalue weighted by atomic mass is 16.3. The molecule has 0 saturated carbocycles. The van der Waals surface area contributed by atoms with Crippen LogP contribution < -0.4 is 10.6 Å². The van der Waals surface area contributed by atoms with Crippen LogP contribution in [0.15, 0.2) is 35.2 Å². The summed E-state index contributed by atoms with van der Waals surface area (Å²) in [7, 11) is 1.72. The Morgan fingerprint density at radius 3 is 2.94 bits per heavy atom. The fourth-order valence-electron chi connectivity index (χ4n) is 1.48. The minimum atomic E-state index is -0.288. The molecule has 1 unspecified atom stereocenters. The van der Waals surface area contributed by atoms with Crippen LogP contribution in [0.5, 0.6) is 0 Å². The highest BCUT2D eigenvalue weighted by Gasteiger charge is 2.14. The SMILES string of the molecule is CNc1cncc(C(=O)NC(C)c2ccco2)n1. The molecule has 0 radical (unpaired) electrons. The average molecular weight is 246 g/mol. The van der Waals surface area contributed by atoms with Crippen LogP contribution in [0.1, 0.15) is 29.2 Å². The molecule has 2 rings (SSSR count). The van der Waals surface area contributed by atoms with Crippen molar-refractivity contribution in [2.75, 3.05) is 12.4 Å². The van der Waals surface area contributed by atoms with E-state index in [0.717, 1.165) is 0 Å². The third kappa shape index (κ3) is 2.65. The topological polar surface area (TPSA) is 80.0 Å². The Kier molecular flexibility index (Phi) is 3.57. The van der Waals surface area contributed by atoms with Gasteiger partial charge in [0.25, 0.3) is 5.91 Å². The summed E-state index contributed by atoms with van der Waals surface area (Å²) in [5.74, 6) is 0.956. The van der Waals surface area contributed by atoms with E-state index in [-0.39, 0.29) is 17.6 Å². The zero-order chi connectivity index (χ0) is 13.0. The van der Waals surface area contributed by atoms with Crippen molar-refractivity contribution in [2.24, 2.45) is 0 Å². The van der Waals surface area contributed by atoms with Crippen molar-refractivity contribution in [1.29, 1.82) is 0 Å². The van der Waals surface area contributed by atoms with E-state index in [2.05, 4.69) is 20.6 Å². The molecule has 0 aliphatic carbocycles. The normalized spacial score (nSPS) is 11.9. The zero-order valence-corrected chi connectivity index (χ0v) is 10.2. The van der Waals surface area contributed by atoms with Gasteiger partial charge in [-0.05, 0) is 19.1 Å². The van der Waals surface area contributed by atoms with E-state index < -0.39 is 0 Å². The Hall–Kier alpha value is -2.37. The third-order valence-corrected chi connectivity index (χ3v) is 2.44. The number of hydrogen-bond acceptors (Lipinski definition) is 5. The molecule has 2 heterocycles. The summed E-state index contributed by atoms with van der Waals surface area (Å²) in [6.45, 7) is 1.84. The van der Waals surface area contributed by atoms with E-state index >= 15 is 0 Å². The standard InChI is InChI=1S/C12H14N4O2/c1-8(10-4-3-5-18-10)15-12(17)9-6-14-7-11(13-2)16-9/h3-8H,1-2H3,(H,13,16)(H,15,17). The Balaban J connectivity index is 2.07. The minimum absolute atomic E-state index is 0.215. The fraction of sp³-hybridized carbons (Fsp3) is 0.250. The number of furan rings is 1. The molecule has 0 fully saturated rings. The smallest absolute Gasteiger partial charge is 0.272 e. The summed E-state index contributed by atoms with van der Waals surface area (Å²) >= 11 is 0. The number of nitrogens with zero attached hydrogens (tertiary/aromatic N) is 2. The highest BCUT2D eigenvalue weighted by molar-refractivity contribution is 5.92. The lowest BCUT2D eigenvalue weighted by molar-refractivity contribution is 0.0930. The van der Waals surface area contributed by atoms with Crippen LogP contribution in [0.2, 0.25) is 0 Å². The number of nitrogens with one attached hydrogen (secondary N) is 2. The summed E-state index contributed by atoms with van der Waals surface area (Å²) in [5, 5.41) is 5.62. The quantitative estimate of drug-likeness (QED) is 0.856. The monoisotopic (exact) mass is 246 g/mol. The molecule has 0 spiro atoms. The first-order valence-corrected chi connectivity index (χ1v) is 5.54. The lowest BCUT2D eigenvalue weighted by Crippen LogP contribution is -2.27. The van der Waals surface area contributed by atoms with Gasteiger partial charge in [-0.25, -0.2) is 4.98 Å². The number of aromatic nitrogens is 2. The number of anilines is 1. The molecular weight excluding hydrogens is 232 g/mol. The lowest BCUT2D eigenvalue weighted by atomic mass is 10.2. The highest BCUT2D eigenvalue weighted by Crippen LogP contribution is 2.12. The van der Waals surface area contributed by atoms with E-state index in [4.69, 9.17) is 4.42 Å². The first-order valence-electron chi connectivity index (χ1n) is 5.54. The predicted octanol–water partition coefficient (Wildman–Crippen LogP) is 1.60. The van der Waals surface area contributed by atoms with Crippen LogP contribution in [0.4, 0.5) is 5.82 Å². The fourth-order valence-corrected chi connectivity index (χ4v) is 1.48. The van der Waals surface area contributed by atoms with Gasteiger partial charge in [-0.1, -0.05) is 0 Å². The van der Waals surface area contributed by atoms with Crippen molar-refractivity contribution in [2.45, 2.75) is 13.0 Å². The van der Waals surface area contributed by atoms with Gasteiger partial charge in [0.2, 0.25) is 0 Å². The van der Waals surface area contributed by atoms with Crippen molar-refractivity contribution in [3.63, 3.8) is 0 Å². The second kappa shape index (κ2) is 5.31. The molecule has 0 aromatic carbocycles. The minimum Gasteiger partial charge on any atom is -0.467 e. The number of amides is 1. The van der Waals surface area contributed by atoms with Gasteiger partial charge in [0.05, 0.1) is 24.7 Å². The van der Waals surface area contributed by atoms with E-state index in [1.165, 1.54) is 6.20 Å². The van der Waals surface area contributed by atoms with Crippen molar-refractivity contribution < 1.29 is 9.21 Å². The van der Waals surface area contributed by atoms with Crippen molar-refractivity contribution in [3.05, 3.63) is 42.2 Å². The van der Waals surface area contributed by atoms with Crippen LogP contribution in [0.3, 0.4) is 0 Å². The molecule has 2 aromatic rings. The van der Waals surface area contributed by atoms with Crippen LogP contribution in [-0.4, -0.2) is 22.9 Å². The van der Waals surface area contributed by atoms with Crippen molar-refractivity contribution in [3.8, 4) is 0 Å². The number of hydrogen-bond donors (Lipinski definition) is 2. The summed E-state index contributed by atoms with van der Waals surface area (Å²) < 4.78 is 5.21. The number of rotatable bonds is 4. The van der Waals surface area contributed by atoms with Crippen LogP contribution >= 0.6 is 0 Å². The van der Waals surface area contributed by atoms with Gasteiger partial charge < -0.3 is 15.1 Å². The summed E-state index contributed by atoms with van der Waals surface area (Å²) in [6.07, 6.45) is 4.54. The molecule has 0 aliphatic heterocycles. The largest absolute Gasteiger partial charge is 0.467 e. The van der Waals surface area contributed by atoms with Gasteiger partial charge in [-0.15, -0.1) is 0 Å². The van der Waals surface area contributed by atoms with Crippen molar-refractivity contribution >= 4 is 11.7 Å². The molecule has 18 heavy (non-hydrogen) atoms. The third-order valence-electron chi connectivity index (χ3n) is 2.44. The molecule has 0 aliphatic rings. The van der Waals surface area contributed by atoms with Gasteiger partial charge in [0, 0.05) is 7.05 Å². The first kappa shape index (κ1) is 12.1. The molecule has 6 nitrogen and oxygen atoms in total. The van der Waals surface area contributed by atoms with Crippen molar-refractivity contribution in [1.82, 2.24) is 15.3 Å². The Labute approximate surface area is 104 Å².